The van der Waals surface area contributed by atoms with E-state index in [4.69, 9.17) is 11.6 Å². The number of rotatable bonds is 5. The molecule has 3 rings (SSSR count). The summed E-state index contributed by atoms with van der Waals surface area (Å²) in [6.45, 7) is 4.37. The Kier molecular flexibility index (Phi) is 4.95. The minimum Gasteiger partial charge on any atom is -0.348 e. The number of fused-ring (bicyclic) bond motifs is 1. The second kappa shape index (κ2) is 7.15. The molecule has 0 bridgehead atoms. The van der Waals surface area contributed by atoms with Crippen LogP contribution in [0.25, 0.3) is 11.0 Å². The average Bonchev–Trinajstić information content (AvgIpc) is 2.87. The van der Waals surface area contributed by atoms with Gasteiger partial charge in [-0.1, -0.05) is 35.9 Å². The number of halogens is 1. The first-order chi connectivity index (χ1) is 12.0. The van der Waals surface area contributed by atoms with E-state index in [0.717, 1.165) is 16.6 Å². The molecule has 0 spiro atoms. The number of aryl methyl sites for hydroxylation is 1. The maximum atomic E-state index is 12.6. The van der Waals surface area contributed by atoms with Crippen molar-refractivity contribution in [3.63, 3.8) is 0 Å². The number of hydrogen-bond donors (Lipinski definition) is 1. The molecule has 0 aliphatic rings. The van der Waals surface area contributed by atoms with Crippen LogP contribution in [0.2, 0.25) is 5.02 Å². The van der Waals surface area contributed by atoms with Crippen LogP contribution in [0.3, 0.4) is 0 Å². The Morgan fingerprint density at radius 3 is 2.28 bits per heavy atom. The van der Waals surface area contributed by atoms with Crippen LogP contribution in [0.1, 0.15) is 25.5 Å². The molecule has 0 aliphatic heterocycles. The fraction of sp³-hybridized carbons (Fsp3) is 0.263. The van der Waals surface area contributed by atoms with E-state index in [-0.39, 0.29) is 24.2 Å². The third-order valence-corrected chi connectivity index (χ3v) is 4.54. The first-order valence-corrected chi connectivity index (χ1v) is 8.62. The molecule has 3 aromatic rings. The highest BCUT2D eigenvalue weighted by Gasteiger charge is 2.16. The van der Waals surface area contributed by atoms with Crippen molar-refractivity contribution in [2.24, 2.45) is 0 Å². The molecular weight excluding hydrogens is 338 g/mol. The van der Waals surface area contributed by atoms with Gasteiger partial charge < -0.3 is 5.32 Å². The Labute approximate surface area is 150 Å². The van der Waals surface area contributed by atoms with Crippen LogP contribution in [0.5, 0.6) is 0 Å². The van der Waals surface area contributed by atoms with Crippen molar-refractivity contribution in [2.45, 2.75) is 33.0 Å². The summed E-state index contributed by atoms with van der Waals surface area (Å²) in [5.74, 6) is -0.205. The minimum absolute atomic E-state index is 0.00965. The molecule has 130 valence electrons. The Morgan fingerprint density at radius 2 is 1.68 bits per heavy atom. The largest absolute Gasteiger partial charge is 0.348 e. The van der Waals surface area contributed by atoms with Gasteiger partial charge in [-0.3, -0.25) is 13.9 Å². The fourth-order valence-electron chi connectivity index (χ4n) is 3.00. The maximum Gasteiger partial charge on any atom is 0.329 e. The molecule has 1 atom stereocenters. The highest BCUT2D eigenvalue weighted by molar-refractivity contribution is 6.30. The molecular formula is C19H20ClN3O2. The first-order valence-electron chi connectivity index (χ1n) is 8.24. The summed E-state index contributed by atoms with van der Waals surface area (Å²) in [5.41, 5.74) is 2.40. The predicted molar refractivity (Wildman–Crippen MR) is 99.9 cm³/mol. The van der Waals surface area contributed by atoms with E-state index in [0.29, 0.717) is 11.6 Å². The van der Waals surface area contributed by atoms with E-state index < -0.39 is 0 Å². The van der Waals surface area contributed by atoms with Crippen molar-refractivity contribution < 1.29 is 4.79 Å². The number of amides is 1. The van der Waals surface area contributed by atoms with Crippen molar-refractivity contribution in [1.82, 2.24) is 14.5 Å². The van der Waals surface area contributed by atoms with Crippen LogP contribution in [0.4, 0.5) is 0 Å². The van der Waals surface area contributed by atoms with E-state index in [2.05, 4.69) is 5.32 Å². The second-order valence-corrected chi connectivity index (χ2v) is 6.38. The van der Waals surface area contributed by atoms with Crippen LogP contribution in [0.15, 0.2) is 53.3 Å². The first kappa shape index (κ1) is 17.3. The van der Waals surface area contributed by atoms with E-state index in [1.54, 1.807) is 16.7 Å². The van der Waals surface area contributed by atoms with Crippen LogP contribution in [-0.2, 0) is 17.9 Å². The lowest BCUT2D eigenvalue weighted by Crippen LogP contribution is -2.34. The van der Waals surface area contributed by atoms with E-state index in [1.807, 2.05) is 50.2 Å². The van der Waals surface area contributed by atoms with Gasteiger partial charge in [0.1, 0.15) is 6.54 Å². The third-order valence-electron chi connectivity index (χ3n) is 4.29. The number of nitrogens with zero attached hydrogens (tertiary/aromatic N) is 2. The number of hydrogen-bond acceptors (Lipinski definition) is 2. The number of para-hydroxylation sites is 2. The van der Waals surface area contributed by atoms with Gasteiger partial charge in [0.15, 0.2) is 0 Å². The van der Waals surface area contributed by atoms with Gasteiger partial charge in [-0.2, -0.15) is 0 Å². The molecule has 0 aliphatic carbocycles. The van der Waals surface area contributed by atoms with Crippen LogP contribution in [0, 0.1) is 0 Å². The lowest BCUT2D eigenvalue weighted by atomic mass is 10.1. The minimum atomic E-state index is -0.205. The van der Waals surface area contributed by atoms with Gasteiger partial charge in [-0.05, 0) is 43.7 Å². The Bertz CT molecular complexity index is 957. The number of aromatic nitrogens is 2. The fourth-order valence-corrected chi connectivity index (χ4v) is 3.12. The Morgan fingerprint density at radius 1 is 1.08 bits per heavy atom. The highest BCUT2D eigenvalue weighted by atomic mass is 35.5. The summed E-state index contributed by atoms with van der Waals surface area (Å²) in [7, 11) is 0. The summed E-state index contributed by atoms with van der Waals surface area (Å²) < 4.78 is 3.19. The number of nitrogens with one attached hydrogen (secondary N) is 1. The second-order valence-electron chi connectivity index (χ2n) is 5.94. The number of imidazole rings is 1. The predicted octanol–water partition coefficient (Wildman–Crippen LogP) is 3.35. The van der Waals surface area contributed by atoms with Crippen molar-refractivity contribution in [1.29, 1.82) is 0 Å². The molecule has 0 saturated heterocycles. The lowest BCUT2D eigenvalue weighted by molar-refractivity contribution is -0.122. The smallest absolute Gasteiger partial charge is 0.329 e. The summed E-state index contributed by atoms with van der Waals surface area (Å²) in [5, 5.41) is 3.59. The van der Waals surface area contributed by atoms with Gasteiger partial charge in [-0.15, -0.1) is 0 Å². The van der Waals surface area contributed by atoms with Crippen LogP contribution < -0.4 is 11.0 Å². The zero-order valence-corrected chi connectivity index (χ0v) is 15.0. The zero-order valence-electron chi connectivity index (χ0n) is 14.2. The molecule has 5 nitrogen and oxygen atoms in total. The molecule has 2 aromatic carbocycles. The third kappa shape index (κ3) is 3.46. The lowest BCUT2D eigenvalue weighted by Gasteiger charge is -2.14. The number of carbonyl (C=O) groups is 1. The van der Waals surface area contributed by atoms with Gasteiger partial charge >= 0.3 is 5.69 Å². The summed E-state index contributed by atoms with van der Waals surface area (Å²) in [4.78, 5) is 25.0. The van der Waals surface area contributed by atoms with Crippen molar-refractivity contribution >= 4 is 28.5 Å². The van der Waals surface area contributed by atoms with Gasteiger partial charge in [0.25, 0.3) is 0 Å². The Hall–Kier alpha value is -2.53. The standard InChI is InChI=1S/C19H20ClN3O2/c1-3-22-16-6-4-5-7-17(16)23(19(22)25)12-18(24)21-13(2)14-8-10-15(20)11-9-14/h4-11,13H,3,12H2,1-2H3,(H,21,24)/t13-/m0/s1. The van der Waals surface area contributed by atoms with Crippen LogP contribution in [-0.4, -0.2) is 15.0 Å². The summed E-state index contributed by atoms with van der Waals surface area (Å²) in [6, 6.07) is 14.7. The molecule has 1 N–H and O–H groups in total. The highest BCUT2D eigenvalue weighted by Crippen LogP contribution is 2.16. The topological polar surface area (TPSA) is 56.0 Å². The monoisotopic (exact) mass is 357 g/mol. The molecule has 0 saturated carbocycles. The van der Waals surface area contributed by atoms with Gasteiger partial charge in [0, 0.05) is 11.6 Å². The van der Waals surface area contributed by atoms with Gasteiger partial charge in [0.05, 0.1) is 17.1 Å². The summed E-state index contributed by atoms with van der Waals surface area (Å²) >= 11 is 5.89. The molecule has 0 radical (unpaired) electrons. The van der Waals surface area contributed by atoms with E-state index >= 15 is 0 Å². The maximum absolute atomic E-state index is 12.6. The molecule has 1 heterocycles. The van der Waals surface area contributed by atoms with Crippen LogP contribution >= 0.6 is 11.6 Å². The van der Waals surface area contributed by atoms with Gasteiger partial charge in [0.2, 0.25) is 5.91 Å². The SMILES string of the molecule is CCn1c(=O)n(CC(=O)N[C@@H](C)c2ccc(Cl)cc2)c2ccccc21. The molecule has 0 fully saturated rings. The molecule has 1 aromatic heterocycles. The van der Waals surface area contributed by atoms with E-state index in [1.165, 1.54) is 4.57 Å². The average molecular weight is 358 g/mol. The normalized spacial score (nSPS) is 12.3. The molecule has 25 heavy (non-hydrogen) atoms. The zero-order chi connectivity index (χ0) is 18.0. The van der Waals surface area contributed by atoms with Crippen molar-refractivity contribution in [3.05, 3.63) is 69.6 Å². The van der Waals surface area contributed by atoms with Gasteiger partial charge in [-0.25, -0.2) is 4.79 Å². The van der Waals surface area contributed by atoms with Crippen molar-refractivity contribution in [2.75, 3.05) is 0 Å². The molecule has 6 heteroatoms. The quantitative estimate of drug-likeness (QED) is 0.761. The molecule has 1 amide bonds. The number of carbonyl (C=O) groups excluding carboxylic acids is 1. The van der Waals surface area contributed by atoms with E-state index in [9.17, 15) is 9.59 Å². The van der Waals surface area contributed by atoms with Crippen molar-refractivity contribution in [3.8, 4) is 0 Å². The Balaban J connectivity index is 1.82. The summed E-state index contributed by atoms with van der Waals surface area (Å²) in [6.07, 6.45) is 0. The molecule has 0 unspecified atom stereocenters. The number of benzene rings is 2.